The molecule has 0 radical (unpaired) electrons. The Balaban J connectivity index is 1.89. The van der Waals surface area contributed by atoms with Crippen LogP contribution in [0.1, 0.15) is 18.4 Å². The molecule has 1 aromatic carbocycles. The molecule has 1 fully saturated rings. The number of hydrogen-bond acceptors (Lipinski definition) is 6. The van der Waals surface area contributed by atoms with Gasteiger partial charge in [-0.2, -0.15) is 0 Å². The number of thioether (sulfide) groups is 1. The fourth-order valence-corrected chi connectivity index (χ4v) is 5.83. The number of benzene rings is 1. The van der Waals surface area contributed by atoms with Gasteiger partial charge in [0.1, 0.15) is 0 Å². The number of rotatable bonds is 6. The molecular weight excluding hydrogens is 509 g/mol. The van der Waals surface area contributed by atoms with Gasteiger partial charge in [0.15, 0.2) is 11.1 Å². The number of halogens is 3. The van der Waals surface area contributed by atoms with E-state index in [-0.39, 0.29) is 5.75 Å². The number of esters is 1. The van der Waals surface area contributed by atoms with Crippen molar-refractivity contribution in [2.75, 3.05) is 5.75 Å². The van der Waals surface area contributed by atoms with Crippen LogP contribution in [0.2, 0.25) is 10.0 Å². The van der Waals surface area contributed by atoms with Crippen molar-refractivity contribution in [3.8, 4) is 0 Å². The van der Waals surface area contributed by atoms with Crippen LogP contribution in [0.25, 0.3) is 0 Å². The molecule has 33 heavy (non-hydrogen) atoms. The molecule has 0 N–H and O–H groups in total. The van der Waals surface area contributed by atoms with Crippen LogP contribution in [-0.2, 0) is 20.9 Å². The smallest absolute Gasteiger partial charge is 0.303 e. The van der Waals surface area contributed by atoms with Crippen molar-refractivity contribution in [3.63, 3.8) is 0 Å². The van der Waals surface area contributed by atoms with Crippen LogP contribution in [0.3, 0.4) is 0 Å². The Morgan fingerprint density at radius 1 is 1.36 bits per heavy atom. The number of carbonyl (C=O) groups excluding carboxylic acids is 3. The second kappa shape index (κ2) is 9.54. The summed E-state index contributed by atoms with van der Waals surface area (Å²) in [6, 6.07) is 5.08. The van der Waals surface area contributed by atoms with E-state index in [0.29, 0.717) is 27.7 Å². The average Bonchev–Trinajstić information content (AvgIpc) is 3.38. The van der Waals surface area contributed by atoms with Crippen molar-refractivity contribution in [2.24, 2.45) is 0 Å². The third-order valence-electron chi connectivity index (χ3n) is 5.38. The number of alkyl halides is 1. The summed E-state index contributed by atoms with van der Waals surface area (Å²) in [5.74, 6) is -1.64. The number of carbonyl (C=O) groups is 3. The fraction of sp³-hybridized carbons (Fsp3) is 0.273. The first kappa shape index (κ1) is 23.9. The summed E-state index contributed by atoms with van der Waals surface area (Å²) in [6.07, 6.45) is 8.92. The number of imide groups is 1. The van der Waals surface area contributed by atoms with Crippen LogP contribution in [0.5, 0.6) is 0 Å². The summed E-state index contributed by atoms with van der Waals surface area (Å²) in [6.45, 7) is 1.58. The van der Waals surface area contributed by atoms with Gasteiger partial charge >= 0.3 is 5.97 Å². The molecule has 2 aliphatic rings. The molecule has 1 aliphatic heterocycles. The number of aromatic nitrogens is 2. The first-order chi connectivity index (χ1) is 15.7. The molecule has 1 aromatic heterocycles. The van der Waals surface area contributed by atoms with Crippen molar-refractivity contribution in [2.45, 2.75) is 30.5 Å². The van der Waals surface area contributed by atoms with Crippen LogP contribution in [0.15, 0.2) is 60.7 Å². The van der Waals surface area contributed by atoms with Gasteiger partial charge in [0.05, 0.1) is 12.1 Å². The third kappa shape index (κ3) is 4.57. The van der Waals surface area contributed by atoms with Gasteiger partial charge in [0, 0.05) is 41.8 Å². The zero-order chi connectivity index (χ0) is 23.8. The van der Waals surface area contributed by atoms with Crippen molar-refractivity contribution in [1.82, 2.24) is 14.5 Å². The van der Waals surface area contributed by atoms with Crippen LogP contribution in [0, 0.1) is 0 Å². The highest BCUT2D eigenvalue weighted by molar-refractivity contribution is 8.14. The zero-order valence-corrected chi connectivity index (χ0v) is 20.4. The lowest BCUT2D eigenvalue weighted by Gasteiger charge is -2.44. The van der Waals surface area contributed by atoms with Crippen LogP contribution >= 0.6 is 46.6 Å². The van der Waals surface area contributed by atoms with Gasteiger partial charge in [-0.05, 0) is 29.3 Å². The number of allylic oxidation sites excluding steroid dienone is 2. The topological polar surface area (TPSA) is 81.5 Å². The van der Waals surface area contributed by atoms with E-state index in [9.17, 15) is 14.4 Å². The van der Waals surface area contributed by atoms with Gasteiger partial charge in [-0.3, -0.25) is 14.4 Å². The third-order valence-corrected chi connectivity index (χ3v) is 7.36. The van der Waals surface area contributed by atoms with Gasteiger partial charge in [-0.15, -0.1) is 0 Å². The number of ether oxygens (including phenoxy) is 1. The van der Waals surface area contributed by atoms with Gasteiger partial charge in [-0.1, -0.05) is 64.8 Å². The molecule has 0 bridgehead atoms. The second-order valence-electron chi connectivity index (χ2n) is 7.47. The molecule has 3 unspecified atom stereocenters. The fourth-order valence-electron chi connectivity index (χ4n) is 4.00. The highest BCUT2D eigenvalue weighted by atomic mass is 35.5. The Morgan fingerprint density at radius 3 is 2.76 bits per heavy atom. The monoisotopic (exact) mass is 525 g/mol. The minimum atomic E-state index is -1.79. The van der Waals surface area contributed by atoms with E-state index in [1.54, 1.807) is 55.1 Å². The van der Waals surface area contributed by atoms with E-state index in [4.69, 9.17) is 39.5 Å². The predicted molar refractivity (Wildman–Crippen MR) is 127 cm³/mol. The Kier molecular flexibility index (Phi) is 6.91. The maximum atomic E-state index is 12.8. The summed E-state index contributed by atoms with van der Waals surface area (Å²) in [5, 5.41) is 0.329. The number of nitrogens with zero attached hydrogens (tertiary/aromatic N) is 3. The Bertz CT molecular complexity index is 1150. The second-order valence-corrected chi connectivity index (χ2v) is 9.82. The molecule has 0 saturated carbocycles. The molecule has 1 saturated heterocycles. The molecule has 4 rings (SSSR count). The summed E-state index contributed by atoms with van der Waals surface area (Å²) >= 11 is 20.7. The first-order valence-electron chi connectivity index (χ1n) is 9.87. The van der Waals surface area contributed by atoms with Crippen LogP contribution in [0.4, 0.5) is 4.79 Å². The molecular formula is C22H18Cl3N3O4S. The Labute approximate surface area is 209 Å². The van der Waals surface area contributed by atoms with E-state index in [0.717, 1.165) is 16.7 Å². The quantitative estimate of drug-likeness (QED) is 0.298. The lowest BCUT2D eigenvalue weighted by molar-refractivity contribution is -0.149. The predicted octanol–water partition coefficient (Wildman–Crippen LogP) is 5.03. The maximum Gasteiger partial charge on any atom is 0.303 e. The number of amides is 2. The zero-order valence-electron chi connectivity index (χ0n) is 17.3. The van der Waals surface area contributed by atoms with E-state index in [2.05, 4.69) is 4.98 Å². The summed E-state index contributed by atoms with van der Waals surface area (Å²) in [4.78, 5) is 40.8. The normalized spacial score (nSPS) is 23.6. The minimum absolute atomic E-state index is 0.0506. The van der Waals surface area contributed by atoms with E-state index >= 15 is 0 Å². The van der Waals surface area contributed by atoms with Crippen molar-refractivity contribution < 1.29 is 19.1 Å². The summed E-state index contributed by atoms with van der Waals surface area (Å²) < 4.78 is 7.32. The Morgan fingerprint density at radius 2 is 2.15 bits per heavy atom. The maximum absolute atomic E-state index is 12.8. The molecule has 2 aromatic rings. The van der Waals surface area contributed by atoms with Crippen LogP contribution in [-0.4, -0.2) is 48.4 Å². The van der Waals surface area contributed by atoms with Gasteiger partial charge < -0.3 is 9.30 Å². The first-order valence-corrected chi connectivity index (χ1v) is 12.0. The molecule has 2 heterocycles. The largest absolute Gasteiger partial charge is 0.454 e. The Hall–Kier alpha value is -2.26. The van der Waals surface area contributed by atoms with Gasteiger partial charge in [0.2, 0.25) is 5.91 Å². The average molecular weight is 527 g/mol. The van der Waals surface area contributed by atoms with Crippen LogP contribution < -0.4 is 0 Å². The minimum Gasteiger partial charge on any atom is -0.454 e. The highest BCUT2D eigenvalue weighted by Crippen LogP contribution is 2.49. The standard InChI is InChI=1S/C22H18Cl3N3O4S/c1-13(29)32-19-4-2-3-17(22(19,25)28-20(30)11-33-21(28)31)16(10-27-8-7-26-12-27)15-6-5-14(23)9-18(15)24/h2-9,12,16,19H,10-11H2,1H3. The molecule has 11 heteroatoms. The molecule has 2 amide bonds. The molecule has 7 nitrogen and oxygen atoms in total. The van der Waals surface area contributed by atoms with Crippen molar-refractivity contribution in [3.05, 3.63) is 76.3 Å². The number of imidazole rings is 1. The lowest BCUT2D eigenvalue weighted by Crippen LogP contribution is -2.58. The number of hydrogen-bond donors (Lipinski definition) is 0. The molecule has 0 spiro atoms. The molecule has 1 aliphatic carbocycles. The van der Waals surface area contributed by atoms with Crippen molar-refractivity contribution in [1.29, 1.82) is 0 Å². The van der Waals surface area contributed by atoms with E-state index in [1.165, 1.54) is 6.92 Å². The summed E-state index contributed by atoms with van der Waals surface area (Å²) in [5.41, 5.74) is 1.15. The van der Waals surface area contributed by atoms with Gasteiger partial charge in [-0.25, -0.2) is 9.88 Å². The van der Waals surface area contributed by atoms with Gasteiger partial charge in [0.25, 0.3) is 5.24 Å². The van der Waals surface area contributed by atoms with E-state index in [1.807, 2.05) is 4.57 Å². The lowest BCUT2D eigenvalue weighted by atomic mass is 9.80. The van der Waals surface area contributed by atoms with Crippen molar-refractivity contribution >= 4 is 63.7 Å². The SMILES string of the molecule is CC(=O)OC1C=CC=C(C(Cn2ccnc2)c2ccc(Cl)cc2Cl)C1(Cl)N1C(=O)CSC1=O. The van der Waals surface area contributed by atoms with E-state index < -0.39 is 34.1 Å². The molecule has 3 atom stereocenters. The highest BCUT2D eigenvalue weighted by Gasteiger charge is 2.56. The summed E-state index contributed by atoms with van der Waals surface area (Å²) in [7, 11) is 0. The molecule has 172 valence electrons.